The first-order valence-corrected chi connectivity index (χ1v) is 12.4. The summed E-state index contributed by atoms with van der Waals surface area (Å²) in [6.07, 6.45) is 0.850. The fourth-order valence-electron chi connectivity index (χ4n) is 4.66. The van der Waals surface area contributed by atoms with Gasteiger partial charge >= 0.3 is 6.18 Å². The molecule has 3 heterocycles. The number of aromatic nitrogens is 3. The van der Waals surface area contributed by atoms with Gasteiger partial charge in [0.15, 0.2) is 5.82 Å². The van der Waals surface area contributed by atoms with E-state index < -0.39 is 11.7 Å². The number of pyridine rings is 1. The van der Waals surface area contributed by atoms with E-state index in [-0.39, 0.29) is 17.6 Å². The second kappa shape index (κ2) is 11.2. The van der Waals surface area contributed by atoms with E-state index in [1.165, 1.54) is 22.5 Å². The second-order valence-corrected chi connectivity index (χ2v) is 9.49. The normalized spacial score (nSPS) is 15.3. The Morgan fingerprint density at radius 2 is 1.78 bits per heavy atom. The molecule has 0 aliphatic carbocycles. The number of hydrogen-bond acceptors (Lipinski definition) is 4. The maximum absolute atomic E-state index is 13.5. The number of aryl methyl sites for hydroxylation is 1. The van der Waals surface area contributed by atoms with Gasteiger partial charge in [0, 0.05) is 25.8 Å². The average molecular weight is 500 g/mol. The van der Waals surface area contributed by atoms with E-state index in [0.717, 1.165) is 51.2 Å². The number of alkyl halides is 3. The lowest BCUT2D eigenvalue weighted by Gasteiger charge is -2.22. The van der Waals surface area contributed by atoms with Crippen molar-refractivity contribution in [2.24, 2.45) is 0 Å². The van der Waals surface area contributed by atoms with Crippen molar-refractivity contribution in [1.29, 1.82) is 0 Å². The molecule has 192 valence electrons. The molecule has 0 N–H and O–H groups in total. The van der Waals surface area contributed by atoms with Crippen LogP contribution < -0.4 is 0 Å². The van der Waals surface area contributed by atoms with Crippen molar-refractivity contribution < 1.29 is 18.0 Å². The highest BCUT2D eigenvalue weighted by Gasteiger charge is 2.31. The van der Waals surface area contributed by atoms with E-state index >= 15 is 0 Å². The van der Waals surface area contributed by atoms with Gasteiger partial charge in [-0.3, -0.25) is 4.79 Å². The zero-order valence-corrected chi connectivity index (χ0v) is 20.7. The number of carbonyl (C=O) groups excluding carboxylic acids is 1. The lowest BCUT2D eigenvalue weighted by Crippen LogP contribution is -2.36. The average Bonchev–Trinajstić information content (AvgIpc) is 3.18. The van der Waals surface area contributed by atoms with E-state index in [9.17, 15) is 18.0 Å². The maximum atomic E-state index is 13.5. The number of carbonyl (C=O) groups is 1. The first-order chi connectivity index (χ1) is 17.2. The third-order valence-corrected chi connectivity index (χ3v) is 6.53. The van der Waals surface area contributed by atoms with E-state index in [1.807, 2.05) is 24.8 Å². The van der Waals surface area contributed by atoms with Gasteiger partial charge in [-0.2, -0.15) is 18.3 Å². The molecular weight excluding hydrogens is 467 g/mol. The van der Waals surface area contributed by atoms with Crippen molar-refractivity contribution in [3.63, 3.8) is 0 Å². The van der Waals surface area contributed by atoms with Crippen LogP contribution >= 0.6 is 0 Å². The third-order valence-electron chi connectivity index (χ3n) is 6.53. The molecule has 1 aliphatic rings. The molecule has 0 radical (unpaired) electrons. The van der Waals surface area contributed by atoms with Gasteiger partial charge in [0.1, 0.15) is 0 Å². The smallest absolute Gasteiger partial charge is 0.337 e. The van der Waals surface area contributed by atoms with Gasteiger partial charge in [-0.25, -0.2) is 9.67 Å². The third kappa shape index (κ3) is 6.13. The highest BCUT2D eigenvalue weighted by atomic mass is 19.4. The van der Waals surface area contributed by atoms with Crippen LogP contribution in [-0.2, 0) is 12.6 Å². The largest absolute Gasteiger partial charge is 0.417 e. The molecule has 6 nitrogen and oxygen atoms in total. The zero-order valence-electron chi connectivity index (χ0n) is 20.7. The molecule has 9 heteroatoms. The Morgan fingerprint density at radius 1 is 1.00 bits per heavy atom. The van der Waals surface area contributed by atoms with Crippen LogP contribution in [0.5, 0.6) is 0 Å². The number of rotatable bonds is 7. The molecular formula is C27H32F3N5O. The highest BCUT2D eigenvalue weighted by Crippen LogP contribution is 2.30. The van der Waals surface area contributed by atoms with Crippen molar-refractivity contribution in [2.75, 3.05) is 32.7 Å². The predicted octanol–water partition coefficient (Wildman–Crippen LogP) is 5.19. The van der Waals surface area contributed by atoms with E-state index in [1.54, 1.807) is 0 Å². The monoisotopic (exact) mass is 499 g/mol. The van der Waals surface area contributed by atoms with Crippen LogP contribution in [0.2, 0.25) is 0 Å². The molecule has 0 saturated carbocycles. The first kappa shape index (κ1) is 25.9. The molecule has 1 aromatic carbocycles. The first-order valence-electron chi connectivity index (χ1n) is 12.4. The summed E-state index contributed by atoms with van der Waals surface area (Å²) in [5.41, 5.74) is 1.64. The summed E-state index contributed by atoms with van der Waals surface area (Å²) in [6.45, 7) is 7.92. The van der Waals surface area contributed by atoms with Crippen LogP contribution in [0.1, 0.15) is 59.8 Å². The molecule has 4 rings (SSSR count). The lowest BCUT2D eigenvalue weighted by molar-refractivity contribution is -0.137. The van der Waals surface area contributed by atoms with Crippen molar-refractivity contribution in [2.45, 2.75) is 45.2 Å². The van der Waals surface area contributed by atoms with Gasteiger partial charge in [0.25, 0.3) is 5.91 Å². The summed E-state index contributed by atoms with van der Waals surface area (Å²) in [6, 6.07) is 12.7. The van der Waals surface area contributed by atoms with E-state index in [4.69, 9.17) is 0 Å². The standard InChI is InChI=1S/C27H32F3N5O/c1-20(2)25-23(19-32-35(25)24-12-11-22(18-31-24)27(28,29)30)26(36)34-15-7-14-33(16-17-34)13-6-10-21-8-4-3-5-9-21/h3-5,8-9,11-12,18-20H,6-7,10,13-17H2,1-2H3. The highest BCUT2D eigenvalue weighted by molar-refractivity contribution is 5.95. The Kier molecular flexibility index (Phi) is 8.08. The molecule has 1 fully saturated rings. The van der Waals surface area contributed by atoms with Gasteiger partial charge in [-0.1, -0.05) is 44.2 Å². The molecule has 3 aromatic rings. The summed E-state index contributed by atoms with van der Waals surface area (Å²) >= 11 is 0. The quantitative estimate of drug-likeness (QED) is 0.449. The van der Waals surface area contributed by atoms with Crippen LogP contribution in [0.4, 0.5) is 13.2 Å². The molecule has 1 amide bonds. The molecule has 1 aliphatic heterocycles. The summed E-state index contributed by atoms with van der Waals surface area (Å²) < 4.78 is 40.3. The van der Waals surface area contributed by atoms with Crippen molar-refractivity contribution in [1.82, 2.24) is 24.6 Å². The topological polar surface area (TPSA) is 54.3 Å². The fraction of sp³-hybridized carbons (Fsp3) is 0.444. The molecule has 0 spiro atoms. The molecule has 1 saturated heterocycles. The Bertz CT molecular complexity index is 1140. The zero-order chi connectivity index (χ0) is 25.7. The summed E-state index contributed by atoms with van der Waals surface area (Å²) in [5, 5.41) is 4.34. The summed E-state index contributed by atoms with van der Waals surface area (Å²) in [5.74, 6) is 0.0891. The van der Waals surface area contributed by atoms with Crippen molar-refractivity contribution in [3.8, 4) is 5.82 Å². The minimum atomic E-state index is -4.46. The second-order valence-electron chi connectivity index (χ2n) is 9.49. The van der Waals surface area contributed by atoms with Crippen LogP contribution in [0.15, 0.2) is 54.9 Å². The van der Waals surface area contributed by atoms with Gasteiger partial charge < -0.3 is 9.80 Å². The summed E-state index contributed by atoms with van der Waals surface area (Å²) in [4.78, 5) is 21.7. The maximum Gasteiger partial charge on any atom is 0.417 e. The van der Waals surface area contributed by atoms with Gasteiger partial charge in [0.05, 0.1) is 23.0 Å². The molecule has 0 atom stereocenters. The van der Waals surface area contributed by atoms with Crippen LogP contribution in [0.25, 0.3) is 5.82 Å². The van der Waals surface area contributed by atoms with Crippen LogP contribution in [0.3, 0.4) is 0 Å². The number of hydrogen-bond donors (Lipinski definition) is 0. The fourth-order valence-corrected chi connectivity index (χ4v) is 4.66. The predicted molar refractivity (Wildman–Crippen MR) is 132 cm³/mol. The Labute approximate surface area is 209 Å². The van der Waals surface area contributed by atoms with Crippen molar-refractivity contribution in [3.05, 3.63) is 77.2 Å². The van der Waals surface area contributed by atoms with Gasteiger partial charge in [-0.05, 0) is 56.0 Å². The van der Waals surface area contributed by atoms with Gasteiger partial charge in [0.2, 0.25) is 0 Å². The lowest BCUT2D eigenvalue weighted by atomic mass is 10.0. The van der Waals surface area contributed by atoms with Crippen molar-refractivity contribution >= 4 is 5.91 Å². The number of nitrogens with zero attached hydrogens (tertiary/aromatic N) is 5. The minimum absolute atomic E-state index is 0.0722. The molecule has 0 bridgehead atoms. The van der Waals surface area contributed by atoms with E-state index in [0.29, 0.717) is 24.3 Å². The minimum Gasteiger partial charge on any atom is -0.337 e. The van der Waals surface area contributed by atoms with Crippen LogP contribution in [-0.4, -0.2) is 63.2 Å². The van der Waals surface area contributed by atoms with Crippen LogP contribution in [0, 0.1) is 0 Å². The number of amides is 1. The molecule has 36 heavy (non-hydrogen) atoms. The number of halogens is 3. The molecule has 2 aromatic heterocycles. The van der Waals surface area contributed by atoms with Gasteiger partial charge in [-0.15, -0.1) is 0 Å². The Hall–Kier alpha value is -3.20. The Morgan fingerprint density at radius 3 is 2.44 bits per heavy atom. The van der Waals surface area contributed by atoms with E-state index in [2.05, 4.69) is 39.2 Å². The summed E-state index contributed by atoms with van der Waals surface area (Å²) in [7, 11) is 0. The Balaban J connectivity index is 1.42. The SMILES string of the molecule is CC(C)c1c(C(=O)N2CCCN(CCCc3ccccc3)CC2)cnn1-c1ccc(C(F)(F)F)cn1. The number of benzene rings is 1. The molecule has 0 unspecified atom stereocenters.